The third kappa shape index (κ3) is 7.50. The fourth-order valence-corrected chi connectivity index (χ4v) is 3.53. The van der Waals surface area contributed by atoms with Crippen LogP contribution in [0.15, 0.2) is 0 Å². The first-order valence-corrected chi connectivity index (χ1v) is 9.53. The van der Waals surface area contributed by atoms with Gasteiger partial charge < -0.3 is 26.4 Å². The first kappa shape index (κ1) is 19.8. The average Bonchev–Trinajstić information content (AvgIpc) is 2.49. The molecule has 0 atom stereocenters. The van der Waals surface area contributed by atoms with Crippen LogP contribution in [0.5, 0.6) is 0 Å². The Morgan fingerprint density at radius 1 is 0.800 bits per heavy atom. The van der Waals surface area contributed by atoms with Crippen molar-refractivity contribution in [3.05, 3.63) is 0 Å². The van der Waals surface area contributed by atoms with E-state index >= 15 is 0 Å². The molecule has 2 rings (SSSR count). The van der Waals surface area contributed by atoms with E-state index in [1.165, 1.54) is 0 Å². The van der Waals surface area contributed by atoms with Crippen LogP contribution < -0.4 is 21.7 Å². The second kappa shape index (κ2) is 8.74. The van der Waals surface area contributed by atoms with Gasteiger partial charge in [-0.05, 0) is 72.1 Å². The Labute approximate surface area is 150 Å². The van der Waals surface area contributed by atoms with Gasteiger partial charge in [-0.25, -0.2) is 9.59 Å². The zero-order valence-corrected chi connectivity index (χ0v) is 15.8. The SMILES string of the molecule is CC(C)(C)OC(=O)N[C@H]1CC[C@@H](NC(=O)N[C@H]2CC[C@@H](N)CC2)CC1. The minimum atomic E-state index is -0.482. The summed E-state index contributed by atoms with van der Waals surface area (Å²) in [5.41, 5.74) is 5.41. The maximum atomic E-state index is 12.1. The molecule has 3 amide bonds. The monoisotopic (exact) mass is 354 g/mol. The van der Waals surface area contributed by atoms with Gasteiger partial charge in [-0.1, -0.05) is 0 Å². The van der Waals surface area contributed by atoms with Crippen LogP contribution in [0.2, 0.25) is 0 Å². The molecule has 0 bridgehead atoms. The van der Waals surface area contributed by atoms with Crippen molar-refractivity contribution in [1.29, 1.82) is 0 Å². The number of urea groups is 1. The van der Waals surface area contributed by atoms with E-state index in [2.05, 4.69) is 16.0 Å². The number of amides is 3. The molecule has 0 radical (unpaired) electrons. The van der Waals surface area contributed by atoms with E-state index in [4.69, 9.17) is 10.5 Å². The minimum Gasteiger partial charge on any atom is -0.444 e. The lowest BCUT2D eigenvalue weighted by molar-refractivity contribution is 0.0490. The van der Waals surface area contributed by atoms with Crippen molar-refractivity contribution >= 4 is 12.1 Å². The normalized spacial score (nSPS) is 30.2. The number of nitrogens with one attached hydrogen (secondary N) is 3. The van der Waals surface area contributed by atoms with Crippen LogP contribution in [0, 0.1) is 0 Å². The van der Waals surface area contributed by atoms with Crippen LogP contribution in [-0.2, 0) is 4.74 Å². The Balaban J connectivity index is 1.63. The van der Waals surface area contributed by atoms with E-state index in [1.54, 1.807) is 0 Å². The zero-order valence-electron chi connectivity index (χ0n) is 15.8. The highest BCUT2D eigenvalue weighted by Gasteiger charge is 2.26. The molecule has 0 spiro atoms. The third-order valence-corrected chi connectivity index (χ3v) is 4.89. The molecule has 0 aromatic carbocycles. The number of carbonyl (C=O) groups is 2. The molecule has 0 aliphatic heterocycles. The van der Waals surface area contributed by atoms with Crippen LogP contribution in [-0.4, -0.2) is 41.9 Å². The Morgan fingerprint density at radius 2 is 1.20 bits per heavy atom. The summed E-state index contributed by atoms with van der Waals surface area (Å²) in [4.78, 5) is 23.9. The molecule has 2 saturated carbocycles. The van der Waals surface area contributed by atoms with Crippen LogP contribution in [0.25, 0.3) is 0 Å². The summed E-state index contributed by atoms with van der Waals surface area (Å²) in [6, 6.07) is 0.737. The maximum absolute atomic E-state index is 12.1. The molecule has 2 aliphatic rings. The van der Waals surface area contributed by atoms with Gasteiger partial charge in [0.05, 0.1) is 0 Å². The predicted molar refractivity (Wildman–Crippen MR) is 97.3 cm³/mol. The fraction of sp³-hybridized carbons (Fsp3) is 0.889. The summed E-state index contributed by atoms with van der Waals surface area (Å²) in [5.74, 6) is 0. The summed E-state index contributed by atoms with van der Waals surface area (Å²) in [6.07, 6.45) is 6.94. The quantitative estimate of drug-likeness (QED) is 0.624. The smallest absolute Gasteiger partial charge is 0.407 e. The van der Waals surface area contributed by atoms with Crippen molar-refractivity contribution < 1.29 is 14.3 Å². The summed E-state index contributed by atoms with van der Waals surface area (Å²) in [7, 11) is 0. The summed E-state index contributed by atoms with van der Waals surface area (Å²) in [6.45, 7) is 5.56. The molecule has 0 saturated heterocycles. The van der Waals surface area contributed by atoms with Crippen molar-refractivity contribution in [1.82, 2.24) is 16.0 Å². The highest BCUT2D eigenvalue weighted by atomic mass is 16.6. The number of nitrogens with two attached hydrogens (primary N) is 1. The van der Waals surface area contributed by atoms with Crippen molar-refractivity contribution in [2.24, 2.45) is 5.73 Å². The molecule has 7 nitrogen and oxygen atoms in total. The summed E-state index contributed by atoms with van der Waals surface area (Å²) in [5, 5.41) is 9.04. The highest BCUT2D eigenvalue weighted by molar-refractivity contribution is 5.74. The molecule has 0 heterocycles. The molecule has 5 N–H and O–H groups in total. The Hall–Kier alpha value is -1.50. The lowest BCUT2D eigenvalue weighted by atomic mass is 9.91. The first-order chi connectivity index (χ1) is 11.7. The summed E-state index contributed by atoms with van der Waals surface area (Å²) >= 11 is 0. The molecule has 144 valence electrons. The molecule has 0 aromatic rings. The second-order valence-electron chi connectivity index (χ2n) is 8.42. The second-order valence-corrected chi connectivity index (χ2v) is 8.42. The van der Waals surface area contributed by atoms with Crippen LogP contribution in [0.4, 0.5) is 9.59 Å². The Bertz CT molecular complexity index is 448. The molecular weight excluding hydrogens is 320 g/mol. The van der Waals surface area contributed by atoms with Crippen LogP contribution >= 0.6 is 0 Å². The molecule has 0 aromatic heterocycles. The maximum Gasteiger partial charge on any atom is 0.407 e. The number of alkyl carbamates (subject to hydrolysis) is 1. The van der Waals surface area contributed by atoms with Crippen LogP contribution in [0.1, 0.15) is 72.1 Å². The minimum absolute atomic E-state index is 0.0796. The number of hydrogen-bond donors (Lipinski definition) is 4. The van der Waals surface area contributed by atoms with E-state index in [0.29, 0.717) is 0 Å². The first-order valence-electron chi connectivity index (χ1n) is 9.53. The molecule has 0 unspecified atom stereocenters. The van der Waals surface area contributed by atoms with Gasteiger partial charge in [-0.2, -0.15) is 0 Å². The molecule has 2 aliphatic carbocycles. The van der Waals surface area contributed by atoms with E-state index < -0.39 is 5.60 Å². The van der Waals surface area contributed by atoms with Crippen molar-refractivity contribution in [2.75, 3.05) is 0 Å². The van der Waals surface area contributed by atoms with Gasteiger partial charge in [-0.15, -0.1) is 0 Å². The number of ether oxygens (including phenoxy) is 1. The van der Waals surface area contributed by atoms with Gasteiger partial charge in [0.2, 0.25) is 0 Å². The summed E-state index contributed by atoms with van der Waals surface area (Å²) < 4.78 is 5.29. The standard InChI is InChI=1S/C18H34N4O3/c1-18(2,3)25-17(24)22-15-10-8-14(9-11-15)21-16(23)20-13-6-4-12(19)5-7-13/h12-15H,4-11,19H2,1-3H3,(H,22,24)(H2,20,21,23)/t12-,13+,14-,15+. The van der Waals surface area contributed by atoms with Crippen molar-refractivity contribution in [2.45, 2.75) is 102 Å². The predicted octanol–water partition coefficient (Wildman–Crippen LogP) is 2.39. The van der Waals surface area contributed by atoms with Gasteiger partial charge in [0.25, 0.3) is 0 Å². The van der Waals surface area contributed by atoms with Crippen molar-refractivity contribution in [3.63, 3.8) is 0 Å². The topological polar surface area (TPSA) is 105 Å². The average molecular weight is 354 g/mol. The number of carbonyl (C=O) groups excluding carboxylic acids is 2. The van der Waals surface area contributed by atoms with Crippen LogP contribution in [0.3, 0.4) is 0 Å². The molecule has 7 heteroatoms. The highest BCUT2D eigenvalue weighted by Crippen LogP contribution is 2.20. The largest absolute Gasteiger partial charge is 0.444 e. The molecular formula is C18H34N4O3. The lowest BCUT2D eigenvalue weighted by Gasteiger charge is -2.31. The van der Waals surface area contributed by atoms with Gasteiger partial charge in [0.1, 0.15) is 5.60 Å². The number of rotatable bonds is 3. The fourth-order valence-electron chi connectivity index (χ4n) is 3.53. The van der Waals surface area contributed by atoms with Gasteiger partial charge in [0, 0.05) is 24.2 Å². The Kier molecular flexibility index (Phi) is 6.93. The Morgan fingerprint density at radius 3 is 1.64 bits per heavy atom. The van der Waals surface area contributed by atoms with E-state index in [1.807, 2.05) is 20.8 Å². The van der Waals surface area contributed by atoms with E-state index in [-0.39, 0.29) is 36.3 Å². The van der Waals surface area contributed by atoms with Gasteiger partial charge in [-0.3, -0.25) is 0 Å². The van der Waals surface area contributed by atoms with E-state index in [9.17, 15) is 9.59 Å². The molecule has 25 heavy (non-hydrogen) atoms. The third-order valence-electron chi connectivity index (χ3n) is 4.89. The lowest BCUT2D eigenvalue weighted by Crippen LogP contribution is -2.50. The molecule has 2 fully saturated rings. The van der Waals surface area contributed by atoms with Gasteiger partial charge >= 0.3 is 12.1 Å². The zero-order chi connectivity index (χ0) is 18.4. The number of hydrogen-bond acceptors (Lipinski definition) is 4. The van der Waals surface area contributed by atoms with Gasteiger partial charge in [0.15, 0.2) is 0 Å². The van der Waals surface area contributed by atoms with Crippen molar-refractivity contribution in [3.8, 4) is 0 Å². The van der Waals surface area contributed by atoms with E-state index in [0.717, 1.165) is 51.4 Å².